The van der Waals surface area contributed by atoms with Gasteiger partial charge in [-0.3, -0.25) is 9.59 Å². The Labute approximate surface area is 225 Å². The van der Waals surface area contributed by atoms with Crippen LogP contribution in [0.5, 0.6) is 5.75 Å². The molecular formula is C31H40N4O3. The second-order valence-corrected chi connectivity index (χ2v) is 11.1. The Kier molecular flexibility index (Phi) is 8.03. The van der Waals surface area contributed by atoms with Crippen LogP contribution in [0.2, 0.25) is 0 Å². The molecule has 0 aliphatic carbocycles. The number of carbonyl (C=O) groups is 2. The van der Waals surface area contributed by atoms with Crippen molar-refractivity contribution in [1.29, 1.82) is 0 Å². The third-order valence-corrected chi connectivity index (χ3v) is 8.29. The van der Waals surface area contributed by atoms with Crippen LogP contribution in [-0.4, -0.2) is 72.0 Å². The van der Waals surface area contributed by atoms with Gasteiger partial charge in [0.1, 0.15) is 5.75 Å². The fourth-order valence-electron chi connectivity index (χ4n) is 5.99. The monoisotopic (exact) mass is 516 g/mol. The van der Waals surface area contributed by atoms with Gasteiger partial charge in [-0.25, -0.2) is 0 Å². The number of methoxy groups -OCH3 is 1. The lowest BCUT2D eigenvalue weighted by molar-refractivity contribution is -0.121. The predicted molar refractivity (Wildman–Crippen MR) is 151 cm³/mol. The van der Waals surface area contributed by atoms with Gasteiger partial charge in [-0.05, 0) is 54.9 Å². The van der Waals surface area contributed by atoms with Crippen LogP contribution in [0.4, 0.5) is 0 Å². The lowest BCUT2D eigenvalue weighted by Crippen LogP contribution is -2.51. The third-order valence-electron chi connectivity index (χ3n) is 8.29. The van der Waals surface area contributed by atoms with E-state index in [9.17, 15) is 9.59 Å². The molecule has 0 saturated carbocycles. The lowest BCUT2D eigenvalue weighted by atomic mass is 9.97. The molecule has 0 bridgehead atoms. The molecule has 7 heteroatoms. The molecule has 1 aromatic heterocycles. The number of aromatic amines is 1. The molecule has 2 N–H and O–H groups in total. The van der Waals surface area contributed by atoms with E-state index in [4.69, 9.17) is 4.74 Å². The number of ether oxygens (including phenoxy) is 1. The summed E-state index contributed by atoms with van der Waals surface area (Å²) in [6.07, 6.45) is 6.16. The molecule has 2 fully saturated rings. The van der Waals surface area contributed by atoms with Gasteiger partial charge in [-0.1, -0.05) is 44.2 Å². The molecule has 0 atom stereocenters. The van der Waals surface area contributed by atoms with E-state index in [0.717, 1.165) is 74.1 Å². The van der Waals surface area contributed by atoms with Crippen molar-refractivity contribution in [3.63, 3.8) is 0 Å². The minimum Gasteiger partial charge on any atom is -0.496 e. The van der Waals surface area contributed by atoms with E-state index < -0.39 is 0 Å². The first kappa shape index (κ1) is 26.3. The second kappa shape index (κ2) is 11.6. The summed E-state index contributed by atoms with van der Waals surface area (Å²) in [5, 5.41) is 4.12. The number of aromatic nitrogens is 1. The molecule has 3 heterocycles. The van der Waals surface area contributed by atoms with Crippen molar-refractivity contribution in [2.75, 3.05) is 33.3 Å². The normalized spacial score (nSPS) is 17.7. The topological polar surface area (TPSA) is 77.7 Å². The summed E-state index contributed by atoms with van der Waals surface area (Å²) >= 11 is 0. The molecule has 7 nitrogen and oxygen atoms in total. The lowest BCUT2D eigenvalue weighted by Gasteiger charge is -2.42. The summed E-state index contributed by atoms with van der Waals surface area (Å²) in [5.74, 6) is 1.40. The number of piperidine rings is 2. The summed E-state index contributed by atoms with van der Waals surface area (Å²) in [6.45, 7) is 7.87. The zero-order chi connectivity index (χ0) is 26.6. The van der Waals surface area contributed by atoms with Crippen molar-refractivity contribution in [2.24, 2.45) is 0 Å². The minimum atomic E-state index is 0.0690. The largest absolute Gasteiger partial charge is 0.496 e. The molecular weight excluding hydrogens is 476 g/mol. The minimum absolute atomic E-state index is 0.0690. The van der Waals surface area contributed by atoms with Gasteiger partial charge >= 0.3 is 0 Å². The van der Waals surface area contributed by atoms with E-state index in [-0.39, 0.29) is 17.9 Å². The van der Waals surface area contributed by atoms with Crippen LogP contribution < -0.4 is 10.1 Å². The Morgan fingerprint density at radius 1 is 1.00 bits per heavy atom. The van der Waals surface area contributed by atoms with Crippen molar-refractivity contribution < 1.29 is 14.3 Å². The molecule has 38 heavy (non-hydrogen) atoms. The Balaban J connectivity index is 1.08. The van der Waals surface area contributed by atoms with E-state index in [0.29, 0.717) is 23.9 Å². The number of likely N-dealkylation sites (tertiary alicyclic amines) is 2. The highest BCUT2D eigenvalue weighted by atomic mass is 16.5. The second-order valence-electron chi connectivity index (χ2n) is 11.1. The van der Waals surface area contributed by atoms with E-state index >= 15 is 0 Å². The van der Waals surface area contributed by atoms with Crippen molar-refractivity contribution in [1.82, 2.24) is 20.1 Å². The number of nitrogens with one attached hydrogen (secondary N) is 2. The van der Waals surface area contributed by atoms with Crippen molar-refractivity contribution in [3.8, 4) is 5.75 Å². The van der Waals surface area contributed by atoms with Gasteiger partial charge in [0.15, 0.2) is 0 Å². The zero-order valence-electron chi connectivity index (χ0n) is 22.8. The van der Waals surface area contributed by atoms with Crippen LogP contribution in [0, 0.1) is 0 Å². The number of hydrogen-bond donors (Lipinski definition) is 2. The van der Waals surface area contributed by atoms with Gasteiger partial charge in [0.25, 0.3) is 5.91 Å². The number of rotatable bonds is 7. The highest BCUT2D eigenvalue weighted by Crippen LogP contribution is 2.30. The molecule has 202 valence electrons. The summed E-state index contributed by atoms with van der Waals surface area (Å²) in [4.78, 5) is 33.7. The number of benzene rings is 2. The van der Waals surface area contributed by atoms with Crippen LogP contribution in [0.15, 0.2) is 48.7 Å². The number of amides is 2. The van der Waals surface area contributed by atoms with Gasteiger partial charge in [-0.2, -0.15) is 0 Å². The number of fused-ring (bicyclic) bond motifs is 1. The molecule has 2 saturated heterocycles. The Morgan fingerprint density at radius 2 is 1.71 bits per heavy atom. The number of H-pyrrole nitrogens is 1. The molecule has 0 spiro atoms. The molecule has 0 unspecified atom stereocenters. The standard InChI is InChI=1S/C31H40N4O3/c1-21(2)23-9-7-22(8-10-23)19-29(36)33-24-11-15-34(16-12-24)25-13-17-35(18-14-25)31(37)26-20-32-27-5-4-6-28(38-3)30(26)27/h4-10,20-21,24-25,32H,11-19H2,1-3H3,(H,33,36). The number of hydrogen-bond acceptors (Lipinski definition) is 4. The Morgan fingerprint density at radius 3 is 2.37 bits per heavy atom. The van der Waals surface area contributed by atoms with Crippen molar-refractivity contribution >= 4 is 22.7 Å². The van der Waals surface area contributed by atoms with Gasteiger partial charge in [-0.15, -0.1) is 0 Å². The van der Waals surface area contributed by atoms with Gasteiger partial charge < -0.3 is 24.8 Å². The number of carbonyl (C=O) groups excluding carboxylic acids is 2. The highest BCUT2D eigenvalue weighted by molar-refractivity contribution is 6.09. The van der Waals surface area contributed by atoms with E-state index in [1.54, 1.807) is 13.3 Å². The highest BCUT2D eigenvalue weighted by Gasteiger charge is 2.31. The first-order valence-corrected chi connectivity index (χ1v) is 14.0. The van der Waals surface area contributed by atoms with Crippen LogP contribution in [0.3, 0.4) is 0 Å². The fraction of sp³-hybridized carbons (Fsp3) is 0.484. The number of nitrogens with zero attached hydrogens (tertiary/aromatic N) is 2. The van der Waals surface area contributed by atoms with Crippen LogP contribution in [0.1, 0.15) is 66.9 Å². The maximum absolute atomic E-state index is 13.3. The van der Waals surface area contributed by atoms with Crippen molar-refractivity contribution in [3.05, 3.63) is 65.4 Å². The summed E-state index contributed by atoms with van der Waals surface area (Å²) < 4.78 is 5.51. The smallest absolute Gasteiger partial charge is 0.256 e. The maximum Gasteiger partial charge on any atom is 0.256 e. The zero-order valence-corrected chi connectivity index (χ0v) is 22.8. The van der Waals surface area contributed by atoms with Gasteiger partial charge in [0.2, 0.25) is 5.91 Å². The van der Waals surface area contributed by atoms with Gasteiger partial charge in [0, 0.05) is 50.0 Å². The molecule has 2 aromatic carbocycles. The van der Waals surface area contributed by atoms with E-state index in [2.05, 4.69) is 53.3 Å². The van der Waals surface area contributed by atoms with Crippen molar-refractivity contribution in [2.45, 2.75) is 64.0 Å². The molecule has 3 aromatic rings. The summed E-state index contributed by atoms with van der Waals surface area (Å²) in [5.41, 5.74) is 3.97. The molecule has 0 radical (unpaired) electrons. The van der Waals surface area contributed by atoms with E-state index in [1.165, 1.54) is 5.56 Å². The van der Waals surface area contributed by atoms with Gasteiger partial charge in [0.05, 0.1) is 24.5 Å². The molecule has 2 aliphatic heterocycles. The van der Waals surface area contributed by atoms with Crippen LogP contribution >= 0.6 is 0 Å². The molecule has 2 amide bonds. The molecule has 2 aliphatic rings. The first-order valence-electron chi connectivity index (χ1n) is 14.0. The Bertz CT molecular complexity index is 1250. The Hall–Kier alpha value is -3.32. The predicted octanol–water partition coefficient (Wildman–Crippen LogP) is 4.73. The third kappa shape index (κ3) is 5.73. The molecule has 5 rings (SSSR count). The first-order chi connectivity index (χ1) is 18.4. The van der Waals surface area contributed by atoms with Crippen LogP contribution in [0.25, 0.3) is 10.9 Å². The van der Waals surface area contributed by atoms with E-state index in [1.807, 2.05) is 23.1 Å². The van der Waals surface area contributed by atoms with Crippen LogP contribution in [-0.2, 0) is 11.2 Å². The average molecular weight is 517 g/mol. The SMILES string of the molecule is COc1cccc2[nH]cc(C(=O)N3CCC(N4CCC(NC(=O)Cc5ccc(C(C)C)cc5)CC4)CC3)c12. The fourth-order valence-corrected chi connectivity index (χ4v) is 5.99. The summed E-state index contributed by atoms with van der Waals surface area (Å²) in [6, 6.07) is 14.9. The average Bonchev–Trinajstić information content (AvgIpc) is 3.38. The quantitative estimate of drug-likeness (QED) is 0.476. The maximum atomic E-state index is 13.3. The summed E-state index contributed by atoms with van der Waals surface area (Å²) in [7, 11) is 1.64.